The highest BCUT2D eigenvalue weighted by Crippen LogP contribution is 2.33. The zero-order valence-electron chi connectivity index (χ0n) is 15.6. The van der Waals surface area contributed by atoms with Crippen molar-refractivity contribution in [2.45, 2.75) is 39.5 Å². The Morgan fingerprint density at radius 2 is 2.07 bits per heavy atom. The van der Waals surface area contributed by atoms with Crippen molar-refractivity contribution in [3.63, 3.8) is 0 Å². The molecule has 1 aromatic carbocycles. The highest BCUT2D eigenvalue weighted by atomic mass is 32.1. The molecular weight excluding hydrogens is 358 g/mol. The van der Waals surface area contributed by atoms with Crippen LogP contribution in [0, 0.1) is 6.92 Å². The fourth-order valence-electron chi connectivity index (χ4n) is 3.58. The van der Waals surface area contributed by atoms with Crippen molar-refractivity contribution in [1.29, 1.82) is 0 Å². The lowest BCUT2D eigenvalue weighted by Gasteiger charge is -2.28. The Labute approximate surface area is 162 Å². The molecule has 5 nitrogen and oxygen atoms in total. The molecule has 1 N–H and O–H groups in total. The van der Waals surface area contributed by atoms with Crippen LogP contribution in [0.3, 0.4) is 0 Å². The minimum atomic E-state index is -0.545. The monoisotopic (exact) mass is 381 g/mol. The van der Waals surface area contributed by atoms with Crippen molar-refractivity contribution in [2.24, 2.45) is 0 Å². The smallest absolute Gasteiger partial charge is 0.255 e. The van der Waals surface area contributed by atoms with Gasteiger partial charge in [-0.15, -0.1) is 11.3 Å². The van der Waals surface area contributed by atoms with Gasteiger partial charge in [0.05, 0.1) is 36.1 Å². The largest absolute Gasteiger partial charge is 0.387 e. The van der Waals surface area contributed by atoms with Gasteiger partial charge in [0.2, 0.25) is 0 Å². The third-order valence-corrected chi connectivity index (χ3v) is 6.01. The van der Waals surface area contributed by atoms with E-state index in [0.29, 0.717) is 31.7 Å². The van der Waals surface area contributed by atoms with Gasteiger partial charge in [-0.25, -0.2) is 0 Å². The van der Waals surface area contributed by atoms with Crippen LogP contribution in [0.25, 0.3) is 11.1 Å². The lowest BCUT2D eigenvalue weighted by atomic mass is 10.0. The maximum Gasteiger partial charge on any atom is 0.255 e. The number of aliphatic hydroxyl groups excluding tert-OH is 1. The molecule has 1 aliphatic heterocycles. The SMILES string of the molecule is CCC(O)c1cc2n(n1)CCN(C(=O)c1csc(C)c1-c1ccccc1)C2. The predicted molar refractivity (Wildman–Crippen MR) is 107 cm³/mol. The summed E-state index contributed by atoms with van der Waals surface area (Å²) in [5.74, 6) is 0.0586. The van der Waals surface area contributed by atoms with E-state index < -0.39 is 6.10 Å². The minimum Gasteiger partial charge on any atom is -0.387 e. The summed E-state index contributed by atoms with van der Waals surface area (Å²) in [6.45, 7) is 5.79. The number of nitrogens with zero attached hydrogens (tertiary/aromatic N) is 3. The molecular formula is C21H23N3O2S. The number of rotatable bonds is 4. The van der Waals surface area contributed by atoms with E-state index in [0.717, 1.165) is 27.3 Å². The van der Waals surface area contributed by atoms with Gasteiger partial charge in [0.1, 0.15) is 0 Å². The molecule has 1 aliphatic rings. The molecule has 2 aromatic heterocycles. The van der Waals surface area contributed by atoms with Crippen LogP contribution < -0.4 is 0 Å². The van der Waals surface area contributed by atoms with Crippen LogP contribution in [0.5, 0.6) is 0 Å². The van der Waals surface area contributed by atoms with Crippen molar-refractivity contribution in [2.75, 3.05) is 6.54 Å². The van der Waals surface area contributed by atoms with Gasteiger partial charge >= 0.3 is 0 Å². The second-order valence-electron chi connectivity index (χ2n) is 6.88. The first-order valence-corrected chi connectivity index (χ1v) is 10.1. The van der Waals surface area contributed by atoms with Gasteiger partial charge in [0, 0.05) is 22.4 Å². The number of benzene rings is 1. The summed E-state index contributed by atoms with van der Waals surface area (Å²) in [6, 6.07) is 12.0. The van der Waals surface area contributed by atoms with E-state index >= 15 is 0 Å². The molecule has 0 fully saturated rings. The third kappa shape index (κ3) is 3.31. The van der Waals surface area contributed by atoms with Gasteiger partial charge in [-0.2, -0.15) is 5.10 Å². The number of fused-ring (bicyclic) bond motifs is 1. The number of carbonyl (C=O) groups is 1. The Hall–Kier alpha value is -2.44. The minimum absolute atomic E-state index is 0.0586. The summed E-state index contributed by atoms with van der Waals surface area (Å²) in [7, 11) is 0. The number of aromatic nitrogens is 2. The molecule has 6 heteroatoms. The highest BCUT2D eigenvalue weighted by Gasteiger charge is 2.27. The van der Waals surface area contributed by atoms with Gasteiger partial charge < -0.3 is 10.0 Å². The van der Waals surface area contributed by atoms with Crippen molar-refractivity contribution >= 4 is 17.2 Å². The summed E-state index contributed by atoms with van der Waals surface area (Å²) in [5, 5.41) is 16.5. The van der Waals surface area contributed by atoms with Crippen molar-refractivity contribution in [3.05, 3.63) is 63.6 Å². The number of hydrogen-bond acceptors (Lipinski definition) is 4. The van der Waals surface area contributed by atoms with Crippen LogP contribution in [-0.2, 0) is 13.1 Å². The van der Waals surface area contributed by atoms with E-state index in [4.69, 9.17) is 0 Å². The topological polar surface area (TPSA) is 58.4 Å². The molecule has 0 saturated heterocycles. The van der Waals surface area contributed by atoms with Crippen LogP contribution in [0.2, 0.25) is 0 Å². The fourth-order valence-corrected chi connectivity index (χ4v) is 4.44. The number of hydrogen-bond donors (Lipinski definition) is 1. The normalized spacial score (nSPS) is 14.9. The molecule has 140 valence electrons. The van der Waals surface area contributed by atoms with E-state index in [9.17, 15) is 9.90 Å². The van der Waals surface area contributed by atoms with Gasteiger partial charge in [-0.3, -0.25) is 9.48 Å². The highest BCUT2D eigenvalue weighted by molar-refractivity contribution is 7.10. The van der Waals surface area contributed by atoms with Crippen LogP contribution in [0.4, 0.5) is 0 Å². The third-order valence-electron chi connectivity index (χ3n) is 5.10. The number of aliphatic hydroxyl groups is 1. The number of carbonyl (C=O) groups excluding carboxylic acids is 1. The van der Waals surface area contributed by atoms with Crippen molar-refractivity contribution in [3.8, 4) is 11.1 Å². The van der Waals surface area contributed by atoms with Gasteiger partial charge in [-0.05, 0) is 25.0 Å². The summed E-state index contributed by atoms with van der Waals surface area (Å²) < 4.78 is 1.91. The molecule has 0 aliphatic carbocycles. The first kappa shape index (κ1) is 17.9. The lowest BCUT2D eigenvalue weighted by molar-refractivity contribution is 0.0707. The Morgan fingerprint density at radius 3 is 2.81 bits per heavy atom. The summed E-state index contributed by atoms with van der Waals surface area (Å²) >= 11 is 1.62. The van der Waals surface area contributed by atoms with Crippen LogP contribution in [0.15, 0.2) is 41.8 Å². The van der Waals surface area contributed by atoms with E-state index in [-0.39, 0.29) is 5.91 Å². The summed E-state index contributed by atoms with van der Waals surface area (Å²) in [6.07, 6.45) is 0.0877. The van der Waals surface area contributed by atoms with E-state index in [2.05, 4.69) is 24.2 Å². The quantitative estimate of drug-likeness (QED) is 0.743. The zero-order valence-corrected chi connectivity index (χ0v) is 16.4. The Bertz CT molecular complexity index is 961. The number of thiophene rings is 1. The van der Waals surface area contributed by atoms with Crippen LogP contribution in [-0.4, -0.2) is 32.2 Å². The molecule has 0 bridgehead atoms. The first-order valence-electron chi connectivity index (χ1n) is 9.26. The Kier molecular flexibility index (Phi) is 4.85. The van der Waals surface area contributed by atoms with Crippen LogP contribution in [0.1, 0.15) is 46.1 Å². The lowest BCUT2D eigenvalue weighted by Crippen LogP contribution is -2.38. The maximum atomic E-state index is 13.3. The van der Waals surface area contributed by atoms with Crippen molar-refractivity contribution in [1.82, 2.24) is 14.7 Å². The molecule has 0 saturated carbocycles. The number of aryl methyl sites for hydroxylation is 1. The molecule has 3 aromatic rings. The molecule has 0 radical (unpaired) electrons. The molecule has 3 heterocycles. The fraction of sp³-hybridized carbons (Fsp3) is 0.333. The number of amides is 1. The van der Waals surface area contributed by atoms with E-state index in [1.807, 2.05) is 46.2 Å². The molecule has 1 unspecified atom stereocenters. The Balaban J connectivity index is 1.61. The van der Waals surface area contributed by atoms with Crippen LogP contribution >= 0.6 is 11.3 Å². The average Bonchev–Trinajstić information content (AvgIpc) is 3.30. The molecule has 1 atom stereocenters. The average molecular weight is 382 g/mol. The second kappa shape index (κ2) is 7.29. The van der Waals surface area contributed by atoms with E-state index in [1.165, 1.54) is 0 Å². The molecule has 1 amide bonds. The predicted octanol–water partition coefficient (Wildman–Crippen LogP) is 4.02. The molecule has 4 rings (SSSR count). The summed E-state index contributed by atoms with van der Waals surface area (Å²) in [4.78, 5) is 16.3. The van der Waals surface area contributed by atoms with Gasteiger partial charge in [0.25, 0.3) is 5.91 Å². The van der Waals surface area contributed by atoms with Gasteiger partial charge in [-0.1, -0.05) is 37.3 Å². The molecule has 27 heavy (non-hydrogen) atoms. The van der Waals surface area contributed by atoms with E-state index in [1.54, 1.807) is 11.3 Å². The standard InChI is InChI=1S/C21H23N3O2S/c1-3-19(25)18-11-16-12-23(9-10-24(16)22-18)21(26)17-13-27-14(2)20(17)15-7-5-4-6-8-15/h4-8,11,13,19,25H,3,9-10,12H2,1-2H3. The molecule has 0 spiro atoms. The summed E-state index contributed by atoms with van der Waals surface area (Å²) in [5.41, 5.74) is 4.55. The second-order valence-corrected chi connectivity index (χ2v) is 7.96. The maximum absolute atomic E-state index is 13.3. The Morgan fingerprint density at radius 1 is 1.30 bits per heavy atom. The van der Waals surface area contributed by atoms with Crippen molar-refractivity contribution < 1.29 is 9.90 Å². The van der Waals surface area contributed by atoms with Gasteiger partial charge in [0.15, 0.2) is 0 Å². The zero-order chi connectivity index (χ0) is 19.0. The first-order chi connectivity index (χ1) is 13.1.